The smallest absolute Gasteiger partial charge is 0.0920 e. The van der Waals surface area contributed by atoms with Crippen LogP contribution in [0.1, 0.15) is 88.5 Å². The zero-order chi connectivity index (χ0) is 54.5. The number of benzene rings is 6. The van der Waals surface area contributed by atoms with E-state index in [0.717, 1.165) is 22.4 Å². The van der Waals surface area contributed by atoms with Gasteiger partial charge in [0.15, 0.2) is 0 Å². The molecule has 0 unspecified atom stereocenters. The SMILES string of the molecule is CCCc1ccc2[cH-]c(C(C)C)cc2c1-c1cc([Si](C)(C)C)cc([Si](C)(C)C)c1.CCCc1ccc2[cH-]c(C(C)C)cc2c1-c1cc([Si](C)(C)C)cc([Si](C)(C)C)c1.[Cl][Zr][Cl].[c-]1cccc2c1[Si]c1ccccc1-2. The number of aryl methyl sites for hydroxylation is 2. The third-order valence-electron chi connectivity index (χ3n) is 14.6. The molecule has 1 aliphatic rings. The molecule has 0 aliphatic carbocycles. The molecule has 0 bridgehead atoms. The van der Waals surface area contributed by atoms with Gasteiger partial charge in [0.1, 0.15) is 0 Å². The third kappa shape index (κ3) is 14.8. The number of hydrogen-bond donors (Lipinski definition) is 0. The van der Waals surface area contributed by atoms with Crippen molar-refractivity contribution in [1.82, 2.24) is 0 Å². The van der Waals surface area contributed by atoms with Gasteiger partial charge in [0, 0.05) is 0 Å². The van der Waals surface area contributed by atoms with Crippen molar-refractivity contribution < 1.29 is 20.8 Å². The van der Waals surface area contributed by atoms with Gasteiger partial charge < -0.3 is 0 Å². The number of fused-ring (bicyclic) bond motifs is 5. The molecule has 0 saturated carbocycles. The van der Waals surface area contributed by atoms with E-state index in [1.54, 1.807) is 20.7 Å². The molecular weight excluding hydrogens is 1100 g/mol. The van der Waals surface area contributed by atoms with Crippen molar-refractivity contribution in [2.45, 2.75) is 158 Å². The summed E-state index contributed by atoms with van der Waals surface area (Å²) in [6, 6.07) is 52.6. The predicted molar refractivity (Wildman–Crippen MR) is 345 cm³/mol. The van der Waals surface area contributed by atoms with Crippen LogP contribution in [0.5, 0.6) is 0 Å². The van der Waals surface area contributed by atoms with Crippen LogP contribution in [0.15, 0.2) is 127 Å². The Kier molecular flexibility index (Phi) is 20.6. The van der Waals surface area contributed by atoms with E-state index in [2.05, 4.69) is 248 Å². The molecule has 8 aromatic carbocycles. The monoisotopic (exact) mass is 1180 g/mol. The van der Waals surface area contributed by atoms with Crippen LogP contribution in [0.3, 0.4) is 0 Å². The first-order chi connectivity index (χ1) is 34.7. The summed E-state index contributed by atoms with van der Waals surface area (Å²) in [6.07, 6.45) is 4.66. The molecule has 0 spiro atoms. The normalized spacial score (nSPS) is 12.5. The molecule has 0 fully saturated rings. The first kappa shape index (κ1) is 60.3. The maximum Gasteiger partial charge on any atom is 0.0920 e. The van der Waals surface area contributed by atoms with Gasteiger partial charge in [-0.1, -0.05) is 247 Å². The summed E-state index contributed by atoms with van der Waals surface area (Å²) in [4.78, 5) is 0. The van der Waals surface area contributed by atoms with Crippen molar-refractivity contribution in [2.24, 2.45) is 0 Å². The molecule has 1 aliphatic heterocycles. The van der Waals surface area contributed by atoms with E-state index in [1.165, 1.54) is 100 Å². The maximum atomic E-state index is 4.93. The fourth-order valence-corrected chi connectivity index (χ4v) is 16.3. The first-order valence-corrected chi connectivity index (χ1v) is 48.6. The molecule has 0 aromatic heterocycles. The molecule has 8 aromatic rings. The molecule has 8 heteroatoms. The van der Waals surface area contributed by atoms with Gasteiger partial charge in [-0.25, -0.2) is 0 Å². The molecule has 0 amide bonds. The van der Waals surface area contributed by atoms with Crippen molar-refractivity contribution in [1.29, 1.82) is 0 Å². The Balaban J connectivity index is 0.000000186. The van der Waals surface area contributed by atoms with Gasteiger partial charge in [-0.2, -0.15) is 41.6 Å². The minimum absolute atomic E-state index is 0.565. The molecular formula is C66H85Cl2Si5Zr-3. The van der Waals surface area contributed by atoms with Crippen molar-refractivity contribution in [3.05, 3.63) is 156 Å². The van der Waals surface area contributed by atoms with Gasteiger partial charge >= 0.3 is 37.9 Å². The van der Waals surface area contributed by atoms with Gasteiger partial charge in [-0.15, -0.1) is 74.6 Å². The molecule has 74 heavy (non-hydrogen) atoms. The average molecular weight is 1180 g/mol. The molecule has 1 heterocycles. The fourth-order valence-electron chi connectivity index (χ4n) is 10.0. The summed E-state index contributed by atoms with van der Waals surface area (Å²) in [7, 11) is 5.06. The van der Waals surface area contributed by atoms with Crippen LogP contribution in [0.4, 0.5) is 0 Å². The standard InChI is InChI=1S/2C27H39Si2.C12H7Si.2ClH.Zr/c2*1-10-11-20-12-13-21-14-22(19(2)3)17-26(21)27(20)23-15-24(28(4,5)6)18-25(16-23)29(7,8)9;1-3-7-11-9(5-1)10-6-2-4-8-12(10)13-11;;;/h2*12-19H,10-11H2,1-9H3;1-7H;2*1H;/q3*-1;;;+2/p-2. The Hall–Kier alpha value is -2.91. The van der Waals surface area contributed by atoms with Gasteiger partial charge in [0.05, 0.1) is 41.8 Å². The van der Waals surface area contributed by atoms with E-state index in [-0.39, 0.29) is 0 Å². The van der Waals surface area contributed by atoms with Crippen molar-refractivity contribution >= 4 is 112 Å². The summed E-state index contributed by atoms with van der Waals surface area (Å²) in [5.74, 6) is 1.13. The second-order valence-corrected chi connectivity index (χ2v) is 50.7. The Bertz CT molecular complexity index is 2890. The minimum Gasteiger partial charge on any atom is -0.184 e. The van der Waals surface area contributed by atoms with Crippen molar-refractivity contribution in [2.75, 3.05) is 0 Å². The largest absolute Gasteiger partial charge is 0.184 e. The van der Waals surface area contributed by atoms with Crippen LogP contribution in [0.25, 0.3) is 54.9 Å². The van der Waals surface area contributed by atoms with Crippen LogP contribution in [-0.4, -0.2) is 41.8 Å². The van der Waals surface area contributed by atoms with E-state index in [9.17, 15) is 0 Å². The Labute approximate surface area is 474 Å². The van der Waals surface area contributed by atoms with E-state index in [0.29, 0.717) is 11.8 Å². The maximum absolute atomic E-state index is 4.93. The van der Waals surface area contributed by atoms with Crippen LogP contribution in [-0.2, 0) is 33.7 Å². The Morgan fingerprint density at radius 3 is 1.24 bits per heavy atom. The molecule has 0 nitrogen and oxygen atoms in total. The Morgan fingerprint density at radius 1 is 0.500 bits per heavy atom. The second-order valence-electron chi connectivity index (χ2n) is 25.4. The van der Waals surface area contributed by atoms with Crippen molar-refractivity contribution in [3.63, 3.8) is 0 Å². The summed E-state index contributed by atoms with van der Waals surface area (Å²) in [5.41, 5.74) is 14.6. The zero-order valence-corrected chi connectivity index (χ0v) is 57.3. The quantitative estimate of drug-likeness (QED) is 0.0845. The summed E-state index contributed by atoms with van der Waals surface area (Å²) in [5, 5.41) is 14.9. The van der Waals surface area contributed by atoms with Gasteiger partial charge in [-0.05, 0) is 35.8 Å². The molecule has 0 N–H and O–H groups in total. The van der Waals surface area contributed by atoms with Gasteiger partial charge in [0.25, 0.3) is 0 Å². The molecule has 2 radical (unpaired) electrons. The van der Waals surface area contributed by atoms with E-state index >= 15 is 0 Å². The molecule has 0 atom stereocenters. The topological polar surface area (TPSA) is 0 Å². The molecule has 390 valence electrons. The van der Waals surface area contributed by atoms with Crippen LogP contribution < -0.4 is 31.1 Å². The summed E-state index contributed by atoms with van der Waals surface area (Å²) < 4.78 is 0. The second kappa shape index (κ2) is 25.3. The number of rotatable bonds is 12. The van der Waals surface area contributed by atoms with Gasteiger partial charge in [-0.3, -0.25) is 0 Å². The van der Waals surface area contributed by atoms with E-state index in [1.807, 2.05) is 6.07 Å². The number of hydrogen-bond acceptors (Lipinski definition) is 0. The third-order valence-corrected chi connectivity index (χ3v) is 24.1. The molecule has 0 saturated heterocycles. The number of halogens is 2. The Morgan fingerprint density at radius 2 is 0.878 bits per heavy atom. The first-order valence-electron chi connectivity index (χ1n) is 27.3. The van der Waals surface area contributed by atoms with Crippen LogP contribution >= 0.6 is 17.0 Å². The minimum atomic E-state index is -1.40. The fraction of sp³-hybridized carbons (Fsp3) is 0.364. The zero-order valence-electron chi connectivity index (χ0n) is 48.4. The summed E-state index contributed by atoms with van der Waals surface area (Å²) in [6.45, 7) is 43.5. The molecule has 9 rings (SSSR count). The van der Waals surface area contributed by atoms with Crippen molar-refractivity contribution in [3.8, 4) is 33.4 Å². The van der Waals surface area contributed by atoms with E-state index in [4.69, 9.17) is 17.0 Å². The van der Waals surface area contributed by atoms with E-state index < -0.39 is 53.1 Å². The van der Waals surface area contributed by atoms with Gasteiger partial charge in [0.2, 0.25) is 0 Å². The predicted octanol–water partition coefficient (Wildman–Crippen LogP) is 17.3. The average Bonchev–Trinajstić information content (AvgIpc) is 4.07. The van der Waals surface area contributed by atoms with Crippen LogP contribution in [0, 0.1) is 6.07 Å². The van der Waals surface area contributed by atoms with Crippen LogP contribution in [0.2, 0.25) is 78.6 Å². The summed E-state index contributed by atoms with van der Waals surface area (Å²) >= 11 is -0.826.